The fourth-order valence-corrected chi connectivity index (χ4v) is 2.56. The molecule has 1 aromatic heterocycles. The van der Waals surface area contributed by atoms with Gasteiger partial charge < -0.3 is 9.88 Å². The first-order valence-corrected chi connectivity index (χ1v) is 7.04. The van der Waals surface area contributed by atoms with Crippen LogP contribution in [0.5, 0.6) is 0 Å². The predicted molar refractivity (Wildman–Crippen MR) is 77.4 cm³/mol. The molecule has 0 bridgehead atoms. The van der Waals surface area contributed by atoms with Crippen LogP contribution in [0.25, 0.3) is 0 Å². The summed E-state index contributed by atoms with van der Waals surface area (Å²) >= 11 is 3.23. The van der Waals surface area contributed by atoms with E-state index in [1.165, 1.54) is 6.07 Å². The average Bonchev–Trinajstić information content (AvgIpc) is 2.79. The van der Waals surface area contributed by atoms with Gasteiger partial charge in [0.2, 0.25) is 0 Å². The third-order valence-electron chi connectivity index (χ3n) is 3.09. The van der Waals surface area contributed by atoms with Crippen molar-refractivity contribution in [1.82, 2.24) is 14.9 Å². The van der Waals surface area contributed by atoms with Crippen LogP contribution >= 0.6 is 15.9 Å². The fraction of sp³-hybridized carbons (Fsp3) is 0.357. The van der Waals surface area contributed by atoms with Gasteiger partial charge in [-0.1, -0.05) is 13.0 Å². The molecule has 5 heteroatoms. The van der Waals surface area contributed by atoms with E-state index in [1.807, 2.05) is 29.9 Å². The first kappa shape index (κ1) is 14.2. The Balaban J connectivity index is 2.21. The van der Waals surface area contributed by atoms with Gasteiger partial charge in [0.05, 0.1) is 22.5 Å². The van der Waals surface area contributed by atoms with Crippen LogP contribution in [0.1, 0.15) is 24.2 Å². The Morgan fingerprint density at radius 1 is 1.47 bits per heavy atom. The molecule has 0 saturated heterocycles. The molecule has 2 aromatic rings. The van der Waals surface area contributed by atoms with Crippen LogP contribution in [0, 0.1) is 5.82 Å². The minimum atomic E-state index is -0.232. The number of rotatable bonds is 5. The van der Waals surface area contributed by atoms with E-state index < -0.39 is 0 Å². The van der Waals surface area contributed by atoms with Gasteiger partial charge in [0.1, 0.15) is 5.82 Å². The first-order valence-electron chi connectivity index (χ1n) is 6.25. The molecule has 0 aliphatic rings. The van der Waals surface area contributed by atoms with E-state index in [2.05, 4.69) is 33.2 Å². The molecule has 1 aromatic carbocycles. The number of hydrogen-bond acceptors (Lipinski definition) is 2. The maximum Gasteiger partial charge on any atom is 0.137 e. The molecule has 3 nitrogen and oxygen atoms in total. The molecule has 0 radical (unpaired) electrons. The number of aryl methyl sites for hydroxylation is 1. The number of nitrogens with one attached hydrogen (secondary N) is 1. The molecule has 1 atom stereocenters. The lowest BCUT2D eigenvalue weighted by molar-refractivity contribution is 0.520. The lowest BCUT2D eigenvalue weighted by Crippen LogP contribution is -2.24. The van der Waals surface area contributed by atoms with Crippen molar-refractivity contribution in [2.75, 3.05) is 6.54 Å². The van der Waals surface area contributed by atoms with Crippen molar-refractivity contribution < 1.29 is 4.39 Å². The SMILES string of the molecule is CCNC(Cc1ccc(F)c(Br)c1)c1cncn1C. The molecular formula is C14H17BrFN3. The second-order valence-corrected chi connectivity index (χ2v) is 5.35. The minimum Gasteiger partial charge on any atom is -0.336 e. The van der Waals surface area contributed by atoms with Gasteiger partial charge >= 0.3 is 0 Å². The van der Waals surface area contributed by atoms with Crippen molar-refractivity contribution in [3.05, 3.63) is 52.3 Å². The van der Waals surface area contributed by atoms with Crippen molar-refractivity contribution in [3.8, 4) is 0 Å². The molecule has 0 aliphatic heterocycles. The van der Waals surface area contributed by atoms with E-state index in [0.29, 0.717) is 4.47 Å². The highest BCUT2D eigenvalue weighted by Gasteiger charge is 2.15. The largest absolute Gasteiger partial charge is 0.336 e. The lowest BCUT2D eigenvalue weighted by atomic mass is 10.0. The highest BCUT2D eigenvalue weighted by atomic mass is 79.9. The summed E-state index contributed by atoms with van der Waals surface area (Å²) in [7, 11) is 1.98. The maximum atomic E-state index is 13.2. The Labute approximate surface area is 121 Å². The number of benzene rings is 1. The Bertz CT molecular complexity index is 553. The zero-order valence-corrected chi connectivity index (χ0v) is 12.6. The molecule has 0 fully saturated rings. The van der Waals surface area contributed by atoms with E-state index in [0.717, 1.165) is 24.2 Å². The number of nitrogens with zero attached hydrogens (tertiary/aromatic N) is 2. The van der Waals surface area contributed by atoms with E-state index in [9.17, 15) is 4.39 Å². The normalized spacial score (nSPS) is 12.6. The quantitative estimate of drug-likeness (QED) is 0.914. The molecule has 1 unspecified atom stereocenters. The molecule has 0 spiro atoms. The number of imidazole rings is 1. The first-order chi connectivity index (χ1) is 9.11. The highest BCUT2D eigenvalue weighted by molar-refractivity contribution is 9.10. The highest BCUT2D eigenvalue weighted by Crippen LogP contribution is 2.22. The Morgan fingerprint density at radius 3 is 2.84 bits per heavy atom. The Morgan fingerprint density at radius 2 is 2.26 bits per heavy atom. The molecule has 1 heterocycles. The summed E-state index contributed by atoms with van der Waals surface area (Å²) in [6.07, 6.45) is 4.46. The van der Waals surface area contributed by atoms with Crippen molar-refractivity contribution in [2.24, 2.45) is 7.05 Å². The van der Waals surface area contributed by atoms with Gasteiger partial charge in [-0.05, 0) is 46.6 Å². The summed E-state index contributed by atoms with van der Waals surface area (Å²) < 4.78 is 15.8. The van der Waals surface area contributed by atoms with Gasteiger partial charge in [-0.3, -0.25) is 0 Å². The molecular weight excluding hydrogens is 309 g/mol. The molecule has 1 N–H and O–H groups in total. The molecule has 0 amide bonds. The van der Waals surface area contributed by atoms with E-state index in [1.54, 1.807) is 6.33 Å². The topological polar surface area (TPSA) is 29.9 Å². The number of halogens is 2. The molecule has 19 heavy (non-hydrogen) atoms. The number of likely N-dealkylation sites (N-methyl/N-ethyl adjacent to an activating group) is 1. The van der Waals surface area contributed by atoms with Crippen LogP contribution in [0.4, 0.5) is 4.39 Å². The second-order valence-electron chi connectivity index (χ2n) is 4.49. The third-order valence-corrected chi connectivity index (χ3v) is 3.69. The fourth-order valence-electron chi connectivity index (χ4n) is 2.13. The monoisotopic (exact) mass is 325 g/mol. The molecule has 2 rings (SSSR count). The minimum absolute atomic E-state index is 0.176. The zero-order chi connectivity index (χ0) is 13.8. The smallest absolute Gasteiger partial charge is 0.137 e. The summed E-state index contributed by atoms with van der Waals surface area (Å²) in [6.45, 7) is 2.95. The summed E-state index contributed by atoms with van der Waals surface area (Å²) in [4.78, 5) is 4.15. The molecule has 0 saturated carbocycles. The number of hydrogen-bond donors (Lipinski definition) is 1. The lowest BCUT2D eigenvalue weighted by Gasteiger charge is -2.18. The van der Waals surface area contributed by atoms with Crippen molar-refractivity contribution in [3.63, 3.8) is 0 Å². The van der Waals surface area contributed by atoms with Crippen LogP contribution in [0.3, 0.4) is 0 Å². The summed E-state index contributed by atoms with van der Waals surface area (Å²) in [5.74, 6) is -0.232. The van der Waals surface area contributed by atoms with Gasteiger partial charge in [-0.25, -0.2) is 9.37 Å². The molecule has 0 aliphatic carbocycles. The van der Waals surface area contributed by atoms with Gasteiger partial charge in [-0.15, -0.1) is 0 Å². The van der Waals surface area contributed by atoms with Crippen molar-refractivity contribution in [1.29, 1.82) is 0 Å². The Hall–Kier alpha value is -1.20. The van der Waals surface area contributed by atoms with Crippen molar-refractivity contribution in [2.45, 2.75) is 19.4 Å². The predicted octanol–water partition coefficient (Wildman–Crippen LogP) is 3.22. The van der Waals surface area contributed by atoms with Crippen LogP contribution in [0.2, 0.25) is 0 Å². The van der Waals surface area contributed by atoms with Crippen LogP contribution in [0.15, 0.2) is 35.2 Å². The molecule has 102 valence electrons. The summed E-state index contributed by atoms with van der Waals surface area (Å²) in [5, 5.41) is 3.44. The van der Waals surface area contributed by atoms with Crippen LogP contribution in [-0.2, 0) is 13.5 Å². The zero-order valence-electron chi connectivity index (χ0n) is 11.0. The summed E-state index contributed by atoms with van der Waals surface area (Å²) in [5.41, 5.74) is 2.21. The van der Waals surface area contributed by atoms with Gasteiger partial charge in [-0.2, -0.15) is 0 Å². The number of aromatic nitrogens is 2. The van der Waals surface area contributed by atoms with Gasteiger partial charge in [0, 0.05) is 13.2 Å². The maximum absolute atomic E-state index is 13.2. The van der Waals surface area contributed by atoms with Crippen LogP contribution < -0.4 is 5.32 Å². The standard InChI is InChI=1S/C14H17BrFN3/c1-3-18-13(14-8-17-9-19(14)2)7-10-4-5-12(16)11(15)6-10/h4-6,8-9,13,18H,3,7H2,1-2H3. The Kier molecular flexibility index (Phi) is 4.71. The van der Waals surface area contributed by atoms with E-state index in [-0.39, 0.29) is 11.9 Å². The van der Waals surface area contributed by atoms with Gasteiger partial charge in [0.15, 0.2) is 0 Å². The second kappa shape index (κ2) is 6.30. The van der Waals surface area contributed by atoms with E-state index >= 15 is 0 Å². The van der Waals surface area contributed by atoms with Crippen molar-refractivity contribution >= 4 is 15.9 Å². The van der Waals surface area contributed by atoms with Crippen LogP contribution in [-0.4, -0.2) is 16.1 Å². The van der Waals surface area contributed by atoms with E-state index in [4.69, 9.17) is 0 Å². The van der Waals surface area contributed by atoms with Gasteiger partial charge in [0.25, 0.3) is 0 Å². The average molecular weight is 326 g/mol. The third kappa shape index (κ3) is 3.42. The summed E-state index contributed by atoms with van der Waals surface area (Å²) in [6, 6.07) is 5.32.